The van der Waals surface area contributed by atoms with E-state index in [1.807, 2.05) is 29.2 Å². The van der Waals surface area contributed by atoms with Crippen LogP contribution < -0.4 is 15.0 Å². The summed E-state index contributed by atoms with van der Waals surface area (Å²) in [5.74, 6) is -0.656. The van der Waals surface area contributed by atoms with Crippen LogP contribution in [0.4, 0.5) is 25.0 Å². The molecule has 0 saturated heterocycles. The first kappa shape index (κ1) is 27.2. The fourth-order valence-corrected chi connectivity index (χ4v) is 6.53. The lowest BCUT2D eigenvalue weighted by molar-refractivity contribution is 0.0989. The molecule has 1 fully saturated rings. The zero-order valence-corrected chi connectivity index (χ0v) is 23.2. The number of ether oxygens (including phenoxy) is 1. The van der Waals surface area contributed by atoms with Crippen LogP contribution in [0.2, 0.25) is 0 Å². The number of amides is 3. The van der Waals surface area contributed by atoms with Crippen molar-refractivity contribution in [2.75, 3.05) is 30.4 Å². The molecule has 3 aliphatic rings. The minimum absolute atomic E-state index is 0.0310. The Morgan fingerprint density at radius 1 is 1.05 bits per heavy atom. The van der Waals surface area contributed by atoms with Crippen molar-refractivity contribution >= 4 is 23.3 Å². The van der Waals surface area contributed by atoms with E-state index in [-0.39, 0.29) is 23.5 Å². The van der Waals surface area contributed by atoms with E-state index in [1.54, 1.807) is 19.4 Å². The van der Waals surface area contributed by atoms with Crippen molar-refractivity contribution in [2.24, 2.45) is 5.92 Å². The maximum absolute atomic E-state index is 14.2. The first-order valence-electron chi connectivity index (χ1n) is 14.4. The number of fused-ring (bicyclic) bond motifs is 2. The number of hydrogen-bond donors (Lipinski definition) is 1. The molecule has 2 aromatic carbocycles. The molecule has 9 heteroatoms. The fourth-order valence-electron chi connectivity index (χ4n) is 6.53. The Bertz CT molecular complexity index is 1470. The molecule has 0 radical (unpaired) electrons. The maximum Gasteiger partial charge on any atom is 0.322 e. The second kappa shape index (κ2) is 11.5. The summed E-state index contributed by atoms with van der Waals surface area (Å²) < 4.78 is 33.2. The quantitative estimate of drug-likeness (QED) is 0.392. The van der Waals surface area contributed by atoms with Crippen molar-refractivity contribution in [1.82, 2.24) is 9.88 Å². The third-order valence-corrected chi connectivity index (χ3v) is 8.86. The summed E-state index contributed by atoms with van der Waals surface area (Å²) in [6.45, 7) is 1.01. The normalized spacial score (nSPS) is 20.2. The van der Waals surface area contributed by atoms with Crippen molar-refractivity contribution in [3.8, 4) is 5.75 Å². The van der Waals surface area contributed by atoms with Gasteiger partial charge in [0.15, 0.2) is 11.6 Å². The lowest BCUT2D eigenvalue weighted by Gasteiger charge is -2.36. The predicted octanol–water partition coefficient (Wildman–Crippen LogP) is 6.15. The molecule has 6 rings (SSSR count). The van der Waals surface area contributed by atoms with Gasteiger partial charge in [-0.25, -0.2) is 13.6 Å². The number of urea groups is 1. The molecule has 3 aromatic rings. The number of rotatable bonds is 6. The number of halogens is 2. The molecular formula is C32H34F2N4O3. The van der Waals surface area contributed by atoms with Gasteiger partial charge in [0.1, 0.15) is 5.75 Å². The highest BCUT2D eigenvalue weighted by Gasteiger charge is 2.32. The zero-order valence-electron chi connectivity index (χ0n) is 23.2. The van der Waals surface area contributed by atoms with E-state index in [9.17, 15) is 18.4 Å². The van der Waals surface area contributed by atoms with Crippen LogP contribution in [0.1, 0.15) is 59.3 Å². The highest BCUT2D eigenvalue weighted by atomic mass is 19.2. The van der Waals surface area contributed by atoms with Gasteiger partial charge in [0.05, 0.1) is 12.8 Å². The topological polar surface area (TPSA) is 74.8 Å². The second-order valence-electron chi connectivity index (χ2n) is 11.2. The van der Waals surface area contributed by atoms with E-state index in [1.165, 1.54) is 11.0 Å². The average Bonchev–Trinajstić information content (AvgIpc) is 3.36. The summed E-state index contributed by atoms with van der Waals surface area (Å²) in [6.07, 6.45) is 8.48. The molecule has 2 aliphatic heterocycles. The number of nitrogens with one attached hydrogen (secondary N) is 1. The van der Waals surface area contributed by atoms with Crippen LogP contribution in [0, 0.1) is 17.6 Å². The van der Waals surface area contributed by atoms with Gasteiger partial charge in [-0.1, -0.05) is 0 Å². The summed E-state index contributed by atoms with van der Waals surface area (Å²) in [6, 6.07) is 12.0. The van der Waals surface area contributed by atoms with Crippen LogP contribution in [0.25, 0.3) is 0 Å². The largest absolute Gasteiger partial charge is 0.497 e. The number of aromatic nitrogens is 1. The van der Waals surface area contributed by atoms with Crippen molar-refractivity contribution in [3.05, 3.63) is 82.7 Å². The van der Waals surface area contributed by atoms with Gasteiger partial charge in [-0.05, 0) is 105 Å². The molecule has 1 N–H and O–H groups in total. The predicted molar refractivity (Wildman–Crippen MR) is 152 cm³/mol. The van der Waals surface area contributed by atoms with Gasteiger partial charge in [0, 0.05) is 47.8 Å². The molecule has 0 spiro atoms. The SMILES string of the molecule is COc1ccc2c(c1)CCN(C1CCC(CCc3cc(C(=O)N4CCc5c4ccc(F)c5F)ccn3)CC1)C(=O)N2. The van der Waals surface area contributed by atoms with Crippen LogP contribution >= 0.6 is 0 Å². The van der Waals surface area contributed by atoms with E-state index in [0.717, 1.165) is 73.7 Å². The van der Waals surface area contributed by atoms with E-state index < -0.39 is 11.6 Å². The summed E-state index contributed by atoms with van der Waals surface area (Å²) in [5.41, 5.74) is 3.99. The van der Waals surface area contributed by atoms with E-state index in [2.05, 4.69) is 10.3 Å². The fraction of sp³-hybridized carbons (Fsp3) is 0.406. The minimum Gasteiger partial charge on any atom is -0.497 e. The molecule has 1 aromatic heterocycles. The summed E-state index contributed by atoms with van der Waals surface area (Å²) in [7, 11) is 1.65. The van der Waals surface area contributed by atoms with Crippen LogP contribution in [0.5, 0.6) is 5.75 Å². The molecule has 1 aliphatic carbocycles. The smallest absolute Gasteiger partial charge is 0.322 e. The molecule has 0 atom stereocenters. The number of carbonyl (C=O) groups excluding carboxylic acids is 2. The number of carbonyl (C=O) groups is 2. The monoisotopic (exact) mass is 560 g/mol. The van der Waals surface area contributed by atoms with E-state index in [0.29, 0.717) is 36.7 Å². The van der Waals surface area contributed by atoms with Gasteiger partial charge in [-0.15, -0.1) is 0 Å². The minimum atomic E-state index is -0.889. The van der Waals surface area contributed by atoms with Crippen molar-refractivity contribution in [1.29, 1.82) is 0 Å². The van der Waals surface area contributed by atoms with Gasteiger partial charge >= 0.3 is 6.03 Å². The van der Waals surface area contributed by atoms with Gasteiger partial charge in [0.25, 0.3) is 5.91 Å². The van der Waals surface area contributed by atoms with Crippen molar-refractivity contribution in [2.45, 2.75) is 57.4 Å². The number of pyridine rings is 1. The molecule has 0 unspecified atom stereocenters. The van der Waals surface area contributed by atoms with Crippen molar-refractivity contribution in [3.63, 3.8) is 0 Å². The lowest BCUT2D eigenvalue weighted by Crippen LogP contribution is -2.44. The number of anilines is 2. The molecule has 3 heterocycles. The number of methoxy groups -OCH3 is 1. The number of aryl methyl sites for hydroxylation is 1. The maximum atomic E-state index is 14.2. The summed E-state index contributed by atoms with van der Waals surface area (Å²) in [4.78, 5) is 34.3. The number of nitrogens with zero attached hydrogens (tertiary/aromatic N) is 3. The molecule has 3 amide bonds. The molecule has 1 saturated carbocycles. The molecule has 214 valence electrons. The van der Waals surface area contributed by atoms with Crippen LogP contribution in [0.3, 0.4) is 0 Å². The number of hydrogen-bond acceptors (Lipinski definition) is 4. The zero-order chi connectivity index (χ0) is 28.5. The Kier molecular flexibility index (Phi) is 7.60. The second-order valence-corrected chi connectivity index (χ2v) is 11.2. The molecule has 7 nitrogen and oxygen atoms in total. The Hall–Kier alpha value is -4.01. The van der Waals surface area contributed by atoms with Crippen LogP contribution in [-0.4, -0.2) is 48.1 Å². The average molecular weight is 561 g/mol. The van der Waals surface area contributed by atoms with E-state index in [4.69, 9.17) is 4.74 Å². The van der Waals surface area contributed by atoms with Gasteiger partial charge < -0.3 is 19.9 Å². The standard InChI is InChI=1S/C32H34F2N4O3/c1-41-25-8-10-28-21(19-25)13-16-37(32(40)36-28)24-6-3-20(4-7-24)2-5-23-18-22(12-15-35-23)31(39)38-17-14-26-29(38)11-9-27(33)30(26)34/h8-12,15,18-20,24H,2-7,13-14,16-17H2,1H3,(H,36,40). The Labute approximate surface area is 238 Å². The Morgan fingerprint density at radius 3 is 2.68 bits per heavy atom. The van der Waals surface area contributed by atoms with Crippen LogP contribution in [-0.2, 0) is 19.3 Å². The van der Waals surface area contributed by atoms with Gasteiger partial charge in [0.2, 0.25) is 0 Å². The number of benzene rings is 2. The summed E-state index contributed by atoms with van der Waals surface area (Å²) in [5, 5.41) is 3.08. The molecule has 41 heavy (non-hydrogen) atoms. The summed E-state index contributed by atoms with van der Waals surface area (Å²) >= 11 is 0. The third-order valence-electron chi connectivity index (χ3n) is 8.86. The van der Waals surface area contributed by atoms with Gasteiger partial charge in [-0.3, -0.25) is 9.78 Å². The van der Waals surface area contributed by atoms with Crippen molar-refractivity contribution < 1.29 is 23.1 Å². The van der Waals surface area contributed by atoms with Gasteiger partial charge in [-0.2, -0.15) is 0 Å². The first-order chi connectivity index (χ1) is 19.9. The van der Waals surface area contributed by atoms with E-state index >= 15 is 0 Å². The Morgan fingerprint density at radius 2 is 1.88 bits per heavy atom. The lowest BCUT2D eigenvalue weighted by atomic mass is 9.82. The highest BCUT2D eigenvalue weighted by molar-refractivity contribution is 6.07. The third kappa shape index (κ3) is 5.49. The highest BCUT2D eigenvalue weighted by Crippen LogP contribution is 2.34. The Balaban J connectivity index is 1.02. The van der Waals surface area contributed by atoms with Crippen LogP contribution in [0.15, 0.2) is 48.7 Å². The first-order valence-corrected chi connectivity index (χ1v) is 14.4. The molecule has 0 bridgehead atoms. The molecular weight excluding hydrogens is 526 g/mol.